The highest BCUT2D eigenvalue weighted by atomic mass is 32.2. The molecule has 2 aliphatic rings. The minimum atomic E-state index is -3.34. The van der Waals surface area contributed by atoms with Crippen molar-refractivity contribution in [2.24, 2.45) is 5.92 Å². The predicted molar refractivity (Wildman–Crippen MR) is 195 cm³/mol. The van der Waals surface area contributed by atoms with Gasteiger partial charge >= 0.3 is 6.03 Å². The molecule has 0 bridgehead atoms. The largest absolute Gasteiger partial charge is 0.454 e. The SMILES string of the molecule is CC(C)N1CC(C(=O)Nc2ccc(Oc3ccnc(Nc4ccc(C#N)c(N5CCN(S(C)(=O)=O)CC5)n4)c3)c(F)c2)C(=O)N(c2ccc(F)cc2)C1=O. The normalized spacial score (nSPS) is 16.7. The fourth-order valence-electron chi connectivity index (χ4n) is 5.96. The summed E-state index contributed by atoms with van der Waals surface area (Å²) >= 11 is 0. The summed E-state index contributed by atoms with van der Waals surface area (Å²) in [6.45, 7) is 4.46. The molecule has 0 spiro atoms. The van der Waals surface area contributed by atoms with E-state index in [9.17, 15) is 32.5 Å². The molecule has 0 aliphatic carbocycles. The monoisotopic (exact) mass is 759 g/mol. The zero-order valence-electron chi connectivity index (χ0n) is 29.4. The molecule has 54 heavy (non-hydrogen) atoms. The molecule has 1 unspecified atom stereocenters. The van der Waals surface area contributed by atoms with Crippen LogP contribution < -0.4 is 25.2 Å². The number of piperazine rings is 1. The van der Waals surface area contributed by atoms with Gasteiger partial charge in [0, 0.05) is 62.8 Å². The van der Waals surface area contributed by atoms with Gasteiger partial charge in [0.25, 0.3) is 0 Å². The smallest absolute Gasteiger partial charge is 0.331 e. The molecule has 2 fully saturated rings. The number of anilines is 5. The van der Waals surface area contributed by atoms with Crippen molar-refractivity contribution in [3.8, 4) is 17.6 Å². The molecule has 0 radical (unpaired) electrons. The molecule has 2 aromatic carbocycles. The summed E-state index contributed by atoms with van der Waals surface area (Å²) in [6.07, 6.45) is 2.59. The van der Waals surface area contributed by atoms with E-state index in [4.69, 9.17) is 4.74 Å². The van der Waals surface area contributed by atoms with Gasteiger partial charge < -0.3 is 25.2 Å². The highest BCUT2D eigenvalue weighted by Crippen LogP contribution is 2.31. The first-order chi connectivity index (χ1) is 25.7. The number of aromatic nitrogens is 2. The third-order valence-electron chi connectivity index (χ3n) is 8.78. The van der Waals surface area contributed by atoms with Crippen LogP contribution >= 0.6 is 0 Å². The quantitative estimate of drug-likeness (QED) is 0.215. The second kappa shape index (κ2) is 15.4. The van der Waals surface area contributed by atoms with Crippen molar-refractivity contribution >= 4 is 56.7 Å². The lowest BCUT2D eigenvalue weighted by atomic mass is 10.0. The molecule has 280 valence electrons. The van der Waals surface area contributed by atoms with Crippen LogP contribution in [0.1, 0.15) is 19.4 Å². The van der Waals surface area contributed by atoms with Crippen LogP contribution in [-0.2, 0) is 19.6 Å². The van der Waals surface area contributed by atoms with Crippen LogP contribution in [0, 0.1) is 28.9 Å². The Hall–Kier alpha value is -6.19. The number of carbonyl (C=O) groups is 3. The Balaban J connectivity index is 1.12. The van der Waals surface area contributed by atoms with Crippen LogP contribution in [0.5, 0.6) is 11.5 Å². The minimum absolute atomic E-state index is 0.0384. The molecular formula is C36H35F2N9O6S. The summed E-state index contributed by atoms with van der Waals surface area (Å²) in [5.41, 5.74) is 0.465. The van der Waals surface area contributed by atoms with E-state index >= 15 is 4.39 Å². The van der Waals surface area contributed by atoms with Crippen LogP contribution in [0.2, 0.25) is 0 Å². The molecule has 2 N–H and O–H groups in total. The van der Waals surface area contributed by atoms with Crippen molar-refractivity contribution < 1.29 is 36.3 Å². The number of nitrogens with zero attached hydrogens (tertiary/aromatic N) is 7. The van der Waals surface area contributed by atoms with E-state index in [1.54, 1.807) is 26.0 Å². The first-order valence-corrected chi connectivity index (χ1v) is 18.6. The van der Waals surface area contributed by atoms with Crippen molar-refractivity contribution in [2.45, 2.75) is 19.9 Å². The number of sulfonamides is 1. The number of nitriles is 1. The fraction of sp³-hybridized carbons (Fsp3) is 0.278. The number of amides is 4. The van der Waals surface area contributed by atoms with Gasteiger partial charge in [-0.3, -0.25) is 9.59 Å². The average Bonchev–Trinajstić information content (AvgIpc) is 3.13. The lowest BCUT2D eigenvalue weighted by Crippen LogP contribution is -2.61. The Morgan fingerprint density at radius 1 is 0.981 bits per heavy atom. The van der Waals surface area contributed by atoms with Gasteiger partial charge in [-0.05, 0) is 68.4 Å². The summed E-state index contributed by atoms with van der Waals surface area (Å²) in [5, 5.41) is 15.3. The maximum Gasteiger partial charge on any atom is 0.331 e. The zero-order chi connectivity index (χ0) is 38.7. The predicted octanol–water partition coefficient (Wildman–Crippen LogP) is 4.68. The van der Waals surface area contributed by atoms with Gasteiger partial charge in [-0.15, -0.1) is 0 Å². The molecular weight excluding hydrogens is 725 g/mol. The van der Waals surface area contributed by atoms with E-state index in [1.165, 1.54) is 51.8 Å². The van der Waals surface area contributed by atoms with Crippen LogP contribution in [0.4, 0.5) is 42.4 Å². The van der Waals surface area contributed by atoms with Gasteiger partial charge in [-0.1, -0.05) is 0 Å². The van der Waals surface area contributed by atoms with Crippen molar-refractivity contribution in [2.75, 3.05) is 59.4 Å². The number of pyridine rings is 2. The number of rotatable bonds is 10. The number of carbonyl (C=O) groups excluding carboxylic acids is 3. The molecule has 0 saturated carbocycles. The number of halogens is 2. The van der Waals surface area contributed by atoms with Gasteiger partial charge in [0.2, 0.25) is 21.8 Å². The highest BCUT2D eigenvalue weighted by molar-refractivity contribution is 7.88. The molecule has 15 nitrogen and oxygen atoms in total. The molecule has 2 aliphatic heterocycles. The minimum Gasteiger partial charge on any atom is -0.454 e. The Morgan fingerprint density at radius 3 is 2.35 bits per heavy atom. The van der Waals surface area contributed by atoms with E-state index < -0.39 is 45.4 Å². The van der Waals surface area contributed by atoms with Gasteiger partial charge in [0.1, 0.15) is 41.0 Å². The van der Waals surface area contributed by atoms with E-state index in [-0.39, 0.29) is 48.5 Å². The average molecular weight is 760 g/mol. The maximum atomic E-state index is 15.3. The van der Waals surface area contributed by atoms with E-state index in [0.717, 1.165) is 29.4 Å². The van der Waals surface area contributed by atoms with Crippen molar-refractivity contribution in [3.05, 3.63) is 90.1 Å². The number of ether oxygens (including phenoxy) is 1. The van der Waals surface area contributed by atoms with E-state index in [0.29, 0.717) is 36.1 Å². The summed E-state index contributed by atoms with van der Waals surface area (Å²) in [5.74, 6) is -3.21. The third kappa shape index (κ3) is 8.22. The molecule has 2 aromatic heterocycles. The third-order valence-corrected chi connectivity index (χ3v) is 10.1. The van der Waals surface area contributed by atoms with Crippen molar-refractivity contribution in [1.29, 1.82) is 5.26 Å². The van der Waals surface area contributed by atoms with Crippen LogP contribution in [0.3, 0.4) is 0 Å². The van der Waals surface area contributed by atoms with Crippen molar-refractivity contribution in [1.82, 2.24) is 19.2 Å². The lowest BCUT2D eigenvalue weighted by Gasteiger charge is -2.39. The van der Waals surface area contributed by atoms with E-state index in [1.807, 2.05) is 4.90 Å². The fourth-order valence-corrected chi connectivity index (χ4v) is 6.78. The number of imide groups is 1. The zero-order valence-corrected chi connectivity index (χ0v) is 30.2. The summed E-state index contributed by atoms with van der Waals surface area (Å²) in [4.78, 5) is 52.9. The second-order valence-corrected chi connectivity index (χ2v) is 14.8. The Morgan fingerprint density at radius 2 is 1.70 bits per heavy atom. The maximum absolute atomic E-state index is 15.3. The number of hydrogen-bond acceptors (Lipinski definition) is 11. The lowest BCUT2D eigenvalue weighted by molar-refractivity contribution is -0.132. The van der Waals surface area contributed by atoms with Crippen LogP contribution in [-0.4, -0.2) is 90.5 Å². The van der Waals surface area contributed by atoms with Gasteiger partial charge in [0.15, 0.2) is 11.6 Å². The molecule has 6 rings (SSSR count). The molecule has 4 aromatic rings. The molecule has 1 atom stereocenters. The summed E-state index contributed by atoms with van der Waals surface area (Å²) in [7, 11) is -3.34. The first kappa shape index (κ1) is 37.6. The first-order valence-electron chi connectivity index (χ1n) is 16.7. The Labute approximate surface area is 309 Å². The Kier molecular flexibility index (Phi) is 10.7. The topological polar surface area (TPSA) is 181 Å². The molecule has 18 heteroatoms. The van der Waals surface area contributed by atoms with Gasteiger partial charge in [0.05, 0.1) is 17.5 Å². The molecule has 2 saturated heterocycles. The second-order valence-electron chi connectivity index (χ2n) is 12.8. The van der Waals surface area contributed by atoms with E-state index in [2.05, 4.69) is 26.7 Å². The summed E-state index contributed by atoms with van der Waals surface area (Å²) < 4.78 is 59.9. The Bertz CT molecular complexity index is 2240. The van der Waals surface area contributed by atoms with Crippen molar-refractivity contribution in [3.63, 3.8) is 0 Å². The summed E-state index contributed by atoms with van der Waals surface area (Å²) in [6, 6.07) is 15.8. The van der Waals surface area contributed by atoms with Gasteiger partial charge in [-0.25, -0.2) is 36.9 Å². The van der Waals surface area contributed by atoms with Crippen LogP contribution in [0.15, 0.2) is 72.9 Å². The molecule has 4 heterocycles. The number of benzene rings is 2. The standard InChI is InChI=1S/C36H35F2N9O6S/c1-22(2)46-21-28(35(49)47(36(46)50)26-8-5-24(37)6-9-26)34(48)41-25-7-10-30(29(38)18-25)53-27-12-13-40-32(19-27)42-31-11-4-23(20-39)33(43-31)44-14-16-45(17-15-44)54(3,51)52/h4-13,18-19,22,28H,14-17,21H2,1-3H3,(H,41,48)(H,40,42,43). The number of nitrogens with one attached hydrogen (secondary N) is 2. The van der Waals surface area contributed by atoms with Gasteiger partial charge in [-0.2, -0.15) is 9.57 Å². The molecule has 4 amide bonds. The number of urea groups is 1. The highest BCUT2D eigenvalue weighted by Gasteiger charge is 2.44. The number of hydrogen-bond donors (Lipinski definition) is 2. The van der Waals surface area contributed by atoms with Crippen LogP contribution in [0.25, 0.3) is 0 Å².